The third-order valence-corrected chi connectivity index (χ3v) is 5.24. The SMILES string of the molecule is CC(C)(C)c1cc2c(c([C@@H]3CCCN3)c1)CN(C(=O)C(O)C(F)(F)F)C2. The van der Waals surface area contributed by atoms with Gasteiger partial charge in [-0.1, -0.05) is 32.9 Å². The molecule has 0 aliphatic carbocycles. The van der Waals surface area contributed by atoms with Gasteiger partial charge >= 0.3 is 6.18 Å². The fraction of sp³-hybridized carbons (Fsp3) is 0.632. The minimum absolute atomic E-state index is 0.102. The Kier molecular flexibility index (Phi) is 4.82. The monoisotopic (exact) mass is 370 g/mol. The van der Waals surface area contributed by atoms with Crippen molar-refractivity contribution < 1.29 is 23.1 Å². The highest BCUT2D eigenvalue weighted by atomic mass is 19.4. The molecule has 2 heterocycles. The number of halogens is 3. The van der Waals surface area contributed by atoms with Crippen LogP contribution in [0.15, 0.2) is 12.1 Å². The van der Waals surface area contributed by atoms with E-state index in [2.05, 4.69) is 32.2 Å². The molecule has 2 aliphatic rings. The zero-order valence-electron chi connectivity index (χ0n) is 15.3. The number of amides is 1. The van der Waals surface area contributed by atoms with Gasteiger partial charge in [0.2, 0.25) is 6.10 Å². The largest absolute Gasteiger partial charge is 0.423 e. The molecule has 3 rings (SSSR count). The zero-order chi connectivity index (χ0) is 19.3. The zero-order valence-corrected chi connectivity index (χ0v) is 15.3. The average Bonchev–Trinajstić information content (AvgIpc) is 3.19. The summed E-state index contributed by atoms with van der Waals surface area (Å²) in [5, 5.41) is 12.8. The van der Waals surface area contributed by atoms with Gasteiger partial charge in [0, 0.05) is 19.1 Å². The second-order valence-corrected chi connectivity index (χ2v) is 8.24. The number of hydrogen-bond donors (Lipinski definition) is 2. The summed E-state index contributed by atoms with van der Waals surface area (Å²) in [7, 11) is 0. The van der Waals surface area contributed by atoms with E-state index in [-0.39, 0.29) is 24.5 Å². The number of alkyl halides is 3. The van der Waals surface area contributed by atoms with E-state index in [1.165, 1.54) is 0 Å². The Labute approximate surface area is 151 Å². The Hall–Kier alpha value is -1.60. The lowest BCUT2D eigenvalue weighted by Gasteiger charge is -2.24. The van der Waals surface area contributed by atoms with Crippen molar-refractivity contribution in [1.29, 1.82) is 0 Å². The molecule has 2 atom stereocenters. The third-order valence-electron chi connectivity index (χ3n) is 5.24. The lowest BCUT2D eigenvalue weighted by molar-refractivity contribution is -0.211. The van der Waals surface area contributed by atoms with Crippen LogP contribution < -0.4 is 5.32 Å². The fourth-order valence-corrected chi connectivity index (χ4v) is 3.71. The van der Waals surface area contributed by atoms with Crippen LogP contribution in [0.25, 0.3) is 0 Å². The van der Waals surface area contributed by atoms with Crippen molar-refractivity contribution in [2.75, 3.05) is 6.54 Å². The first-order valence-corrected chi connectivity index (χ1v) is 8.91. The molecule has 1 saturated heterocycles. The summed E-state index contributed by atoms with van der Waals surface area (Å²) in [6, 6.07) is 4.27. The summed E-state index contributed by atoms with van der Waals surface area (Å²) in [6.07, 6.45) is -5.89. The molecule has 26 heavy (non-hydrogen) atoms. The van der Waals surface area contributed by atoms with E-state index < -0.39 is 18.2 Å². The number of hydrogen-bond acceptors (Lipinski definition) is 3. The van der Waals surface area contributed by atoms with Crippen molar-refractivity contribution in [2.45, 2.75) is 70.4 Å². The van der Waals surface area contributed by atoms with Crippen LogP contribution in [-0.4, -0.2) is 34.7 Å². The van der Waals surface area contributed by atoms with Crippen molar-refractivity contribution in [3.8, 4) is 0 Å². The number of aliphatic hydroxyl groups is 1. The highest BCUT2D eigenvalue weighted by Gasteiger charge is 2.46. The molecule has 7 heteroatoms. The molecule has 0 spiro atoms. The average molecular weight is 370 g/mol. The summed E-state index contributed by atoms with van der Waals surface area (Å²) >= 11 is 0. The van der Waals surface area contributed by atoms with Crippen LogP contribution in [0.3, 0.4) is 0 Å². The normalized spacial score (nSPS) is 21.8. The predicted molar refractivity (Wildman–Crippen MR) is 91.4 cm³/mol. The number of nitrogens with one attached hydrogen (secondary N) is 1. The molecule has 4 nitrogen and oxygen atoms in total. The second-order valence-electron chi connectivity index (χ2n) is 8.24. The van der Waals surface area contributed by atoms with Crippen LogP contribution in [0.2, 0.25) is 0 Å². The molecule has 2 aliphatic heterocycles. The number of fused-ring (bicyclic) bond motifs is 1. The van der Waals surface area contributed by atoms with Gasteiger partial charge < -0.3 is 15.3 Å². The summed E-state index contributed by atoms with van der Waals surface area (Å²) in [5.41, 5.74) is 3.86. The number of rotatable bonds is 2. The van der Waals surface area contributed by atoms with Crippen LogP contribution in [-0.2, 0) is 23.3 Å². The molecular formula is C19H25F3N2O2. The minimum atomic E-state index is -4.95. The Morgan fingerprint density at radius 2 is 1.96 bits per heavy atom. The summed E-state index contributed by atoms with van der Waals surface area (Å²) in [5.74, 6) is -1.28. The first kappa shape index (κ1) is 19.2. The lowest BCUT2D eigenvalue weighted by Crippen LogP contribution is -2.44. The quantitative estimate of drug-likeness (QED) is 0.841. The first-order valence-electron chi connectivity index (χ1n) is 8.91. The van der Waals surface area contributed by atoms with E-state index in [1.54, 1.807) is 0 Å². The third kappa shape index (κ3) is 3.60. The predicted octanol–water partition coefficient (Wildman–Crippen LogP) is 3.17. The summed E-state index contributed by atoms with van der Waals surface area (Å²) in [4.78, 5) is 13.2. The van der Waals surface area contributed by atoms with Gasteiger partial charge in [-0.2, -0.15) is 13.2 Å². The Morgan fingerprint density at radius 3 is 2.50 bits per heavy atom. The maximum atomic E-state index is 12.7. The van der Waals surface area contributed by atoms with Crippen molar-refractivity contribution in [2.24, 2.45) is 0 Å². The van der Waals surface area contributed by atoms with Crippen molar-refractivity contribution in [3.63, 3.8) is 0 Å². The molecular weight excluding hydrogens is 345 g/mol. The van der Waals surface area contributed by atoms with Crippen LogP contribution in [0.4, 0.5) is 13.2 Å². The second kappa shape index (κ2) is 6.53. The highest BCUT2D eigenvalue weighted by molar-refractivity contribution is 5.82. The molecule has 0 radical (unpaired) electrons. The number of benzene rings is 1. The standard InChI is InChI=1S/C19H25F3N2O2/c1-18(2,3)12-7-11-9-24(17(26)16(25)19(20,21)22)10-14(11)13(8-12)15-5-4-6-23-15/h7-8,15-16,23,25H,4-6,9-10H2,1-3H3/t15-,16?/m0/s1. The topological polar surface area (TPSA) is 52.6 Å². The Bertz CT molecular complexity index is 704. The van der Waals surface area contributed by atoms with Gasteiger partial charge in [0.05, 0.1) is 0 Å². The molecule has 1 fully saturated rings. The van der Waals surface area contributed by atoms with Gasteiger partial charge in [-0.05, 0) is 47.1 Å². The first-order chi connectivity index (χ1) is 12.0. The van der Waals surface area contributed by atoms with Gasteiger partial charge in [0.15, 0.2) is 0 Å². The number of carbonyl (C=O) groups is 1. The molecule has 144 valence electrons. The van der Waals surface area contributed by atoms with Crippen LogP contribution in [0, 0.1) is 0 Å². The van der Waals surface area contributed by atoms with E-state index in [0.29, 0.717) is 0 Å². The number of carbonyl (C=O) groups excluding carboxylic acids is 1. The highest BCUT2D eigenvalue weighted by Crippen LogP contribution is 2.38. The van der Waals surface area contributed by atoms with Gasteiger partial charge in [-0.25, -0.2) is 0 Å². The van der Waals surface area contributed by atoms with Gasteiger partial charge in [-0.15, -0.1) is 0 Å². The molecule has 1 aromatic rings. The van der Waals surface area contributed by atoms with Crippen molar-refractivity contribution >= 4 is 5.91 Å². The van der Waals surface area contributed by atoms with Crippen LogP contribution >= 0.6 is 0 Å². The minimum Gasteiger partial charge on any atom is -0.376 e. The van der Waals surface area contributed by atoms with E-state index in [4.69, 9.17) is 0 Å². The van der Waals surface area contributed by atoms with Crippen molar-refractivity contribution in [3.05, 3.63) is 34.4 Å². The summed E-state index contributed by atoms with van der Waals surface area (Å²) in [6.45, 7) is 7.39. The number of nitrogens with zero attached hydrogens (tertiary/aromatic N) is 1. The van der Waals surface area contributed by atoms with E-state index in [0.717, 1.165) is 46.5 Å². The fourth-order valence-electron chi connectivity index (χ4n) is 3.71. The number of aliphatic hydroxyl groups excluding tert-OH is 1. The maximum absolute atomic E-state index is 12.7. The summed E-state index contributed by atoms with van der Waals surface area (Å²) < 4.78 is 38.2. The van der Waals surface area contributed by atoms with E-state index in [1.807, 2.05) is 6.07 Å². The molecule has 0 saturated carbocycles. The molecule has 1 unspecified atom stereocenters. The Balaban J connectivity index is 1.95. The van der Waals surface area contributed by atoms with E-state index in [9.17, 15) is 23.1 Å². The van der Waals surface area contributed by atoms with E-state index >= 15 is 0 Å². The molecule has 0 aromatic heterocycles. The smallest absolute Gasteiger partial charge is 0.376 e. The molecule has 0 bridgehead atoms. The molecule has 1 aromatic carbocycles. The van der Waals surface area contributed by atoms with Crippen LogP contribution in [0.5, 0.6) is 0 Å². The maximum Gasteiger partial charge on any atom is 0.423 e. The van der Waals surface area contributed by atoms with Gasteiger partial charge in [-0.3, -0.25) is 4.79 Å². The lowest BCUT2D eigenvalue weighted by atomic mass is 9.82. The molecule has 2 N–H and O–H groups in total. The van der Waals surface area contributed by atoms with Crippen molar-refractivity contribution in [1.82, 2.24) is 10.2 Å². The molecule has 1 amide bonds. The Morgan fingerprint density at radius 1 is 1.27 bits per heavy atom. The van der Waals surface area contributed by atoms with Gasteiger partial charge in [0.1, 0.15) is 0 Å². The van der Waals surface area contributed by atoms with Gasteiger partial charge in [0.25, 0.3) is 5.91 Å². The van der Waals surface area contributed by atoms with Crippen LogP contribution in [0.1, 0.15) is 61.9 Å².